The summed E-state index contributed by atoms with van der Waals surface area (Å²) in [5, 5.41) is 3.35. The van der Waals surface area contributed by atoms with Gasteiger partial charge in [-0.2, -0.15) is 0 Å². The summed E-state index contributed by atoms with van der Waals surface area (Å²) >= 11 is 8.12. The predicted molar refractivity (Wildman–Crippen MR) is 160 cm³/mol. The molecule has 10 heteroatoms. The van der Waals surface area contributed by atoms with Gasteiger partial charge in [-0.25, -0.2) is 4.98 Å². The number of aryl methyl sites for hydroxylation is 1. The summed E-state index contributed by atoms with van der Waals surface area (Å²) in [6, 6.07) is 24.9. The molecule has 2 aromatic heterocycles. The van der Waals surface area contributed by atoms with Gasteiger partial charge in [-0.1, -0.05) is 71.1 Å². The maximum absolute atomic E-state index is 13.9. The first kappa shape index (κ1) is 26.9. The number of benzene rings is 3. The molecule has 1 amide bonds. The van der Waals surface area contributed by atoms with Gasteiger partial charge in [0.05, 0.1) is 18.0 Å². The fourth-order valence-corrected chi connectivity index (χ4v) is 6.15. The Kier molecular flexibility index (Phi) is 8.25. The number of nitrogens with one attached hydrogen (secondary N) is 1. The summed E-state index contributed by atoms with van der Waals surface area (Å²) in [5.41, 5.74) is 3.80. The Morgan fingerprint density at radius 3 is 2.36 bits per heavy atom. The van der Waals surface area contributed by atoms with Crippen LogP contribution < -0.4 is 15.6 Å². The van der Waals surface area contributed by atoms with E-state index >= 15 is 0 Å². The molecule has 0 aliphatic rings. The van der Waals surface area contributed by atoms with E-state index in [1.165, 1.54) is 23.1 Å². The summed E-state index contributed by atoms with van der Waals surface area (Å²) < 4.78 is 9.89. The number of rotatable bonds is 9. The van der Waals surface area contributed by atoms with Crippen LogP contribution in [0.2, 0.25) is 0 Å². The van der Waals surface area contributed by atoms with Crippen LogP contribution in [0.25, 0.3) is 21.7 Å². The van der Waals surface area contributed by atoms with Crippen LogP contribution in [0.3, 0.4) is 0 Å². The number of carbonyl (C=O) groups is 1. The largest absolute Gasteiger partial charge is 0.494 e. The summed E-state index contributed by atoms with van der Waals surface area (Å²) in [4.78, 5) is 31.5. The van der Waals surface area contributed by atoms with Crippen LogP contribution >= 0.6 is 35.3 Å². The lowest BCUT2D eigenvalue weighted by Gasteiger charge is -2.13. The topological polar surface area (TPSA) is 78.1 Å². The van der Waals surface area contributed by atoms with Crippen LogP contribution in [0.1, 0.15) is 18.1 Å². The number of fused-ring (bicyclic) bond motifs is 1. The van der Waals surface area contributed by atoms with Gasteiger partial charge in [-0.05, 0) is 68.0 Å². The van der Waals surface area contributed by atoms with E-state index in [4.69, 9.17) is 21.9 Å². The Morgan fingerprint density at radius 1 is 1.00 bits per heavy atom. The number of hydrogen-bond acceptors (Lipinski definition) is 7. The first-order chi connectivity index (χ1) is 18.9. The highest BCUT2D eigenvalue weighted by molar-refractivity contribution is 7.99. The zero-order chi connectivity index (χ0) is 27.4. The summed E-state index contributed by atoms with van der Waals surface area (Å²) in [6.45, 7) is 4.92. The molecule has 0 aliphatic carbocycles. The second-order valence-corrected chi connectivity index (χ2v) is 11.3. The number of hydrogen-bond donors (Lipinski definition) is 1. The molecule has 0 aliphatic heterocycles. The second kappa shape index (κ2) is 12.0. The molecular formula is C29H26N4O3S3. The Balaban J connectivity index is 1.54. The summed E-state index contributed by atoms with van der Waals surface area (Å²) in [6.07, 6.45) is 0. The fraction of sp³-hybridized carbons (Fsp3) is 0.172. The van der Waals surface area contributed by atoms with Crippen molar-refractivity contribution < 1.29 is 9.53 Å². The van der Waals surface area contributed by atoms with E-state index in [1.54, 1.807) is 9.13 Å². The highest BCUT2D eigenvalue weighted by Crippen LogP contribution is 2.28. The molecule has 0 atom stereocenters. The van der Waals surface area contributed by atoms with Gasteiger partial charge >= 0.3 is 0 Å². The van der Waals surface area contributed by atoms with E-state index in [0.29, 0.717) is 38.3 Å². The van der Waals surface area contributed by atoms with Crippen molar-refractivity contribution in [2.24, 2.45) is 0 Å². The molecule has 5 rings (SSSR count). The molecule has 2 heterocycles. The maximum Gasteiger partial charge on any atom is 0.278 e. The van der Waals surface area contributed by atoms with Crippen LogP contribution in [-0.4, -0.2) is 32.4 Å². The summed E-state index contributed by atoms with van der Waals surface area (Å²) in [7, 11) is 0. The zero-order valence-electron chi connectivity index (χ0n) is 21.4. The molecule has 3 aromatic carbocycles. The number of thiazole rings is 1. The van der Waals surface area contributed by atoms with E-state index in [2.05, 4.69) is 5.32 Å². The molecule has 0 saturated carbocycles. The SMILES string of the molecule is CCOc1ccc(-n2c(=S)sc3c(=O)n(-c4ccc(C)cc4)c(SCC(=O)NCc4ccccc4)nc32)cc1. The van der Waals surface area contributed by atoms with Gasteiger partial charge in [-0.15, -0.1) is 0 Å². The molecule has 5 aromatic rings. The Bertz CT molecular complexity index is 1730. The molecule has 0 bridgehead atoms. The standard InChI is InChI=1S/C29H26N4O3S3/c1-3-36-23-15-13-21(14-16-23)32-26-25(39-29(32)37)27(35)33(22-11-9-19(2)10-12-22)28(31-26)38-18-24(34)30-17-20-7-5-4-6-8-20/h4-16H,3,17-18H2,1-2H3,(H,30,34). The highest BCUT2D eigenvalue weighted by Gasteiger charge is 2.20. The van der Waals surface area contributed by atoms with E-state index < -0.39 is 0 Å². The Morgan fingerprint density at radius 2 is 1.67 bits per heavy atom. The van der Waals surface area contributed by atoms with Crippen molar-refractivity contribution in [2.75, 3.05) is 12.4 Å². The average molecular weight is 575 g/mol. The number of carbonyl (C=O) groups excluding carboxylic acids is 1. The fourth-order valence-electron chi connectivity index (χ4n) is 4.02. The number of aromatic nitrogens is 3. The minimum absolute atomic E-state index is 0.102. The van der Waals surface area contributed by atoms with Crippen molar-refractivity contribution in [3.63, 3.8) is 0 Å². The zero-order valence-corrected chi connectivity index (χ0v) is 23.9. The van der Waals surface area contributed by atoms with Crippen molar-refractivity contribution in [1.29, 1.82) is 0 Å². The quantitative estimate of drug-likeness (QED) is 0.131. The van der Waals surface area contributed by atoms with Gasteiger partial charge in [0, 0.05) is 12.2 Å². The van der Waals surface area contributed by atoms with Crippen molar-refractivity contribution in [3.05, 3.63) is 104 Å². The van der Waals surface area contributed by atoms with E-state index in [-0.39, 0.29) is 17.2 Å². The van der Waals surface area contributed by atoms with Crippen molar-refractivity contribution in [2.45, 2.75) is 25.5 Å². The van der Waals surface area contributed by atoms with Gasteiger partial charge in [-0.3, -0.25) is 18.7 Å². The van der Waals surface area contributed by atoms with Crippen LogP contribution in [0, 0.1) is 10.9 Å². The van der Waals surface area contributed by atoms with Crippen LogP contribution in [0.4, 0.5) is 0 Å². The van der Waals surface area contributed by atoms with E-state index in [1.807, 2.05) is 92.7 Å². The molecule has 0 unspecified atom stereocenters. The normalized spacial score (nSPS) is 11.0. The minimum atomic E-state index is -0.225. The average Bonchev–Trinajstić information content (AvgIpc) is 3.28. The lowest BCUT2D eigenvalue weighted by molar-refractivity contribution is -0.118. The number of nitrogens with zero attached hydrogens (tertiary/aromatic N) is 3. The Hall–Kier alpha value is -3.73. The van der Waals surface area contributed by atoms with Crippen LogP contribution in [0.15, 0.2) is 88.8 Å². The minimum Gasteiger partial charge on any atom is -0.494 e. The van der Waals surface area contributed by atoms with Crippen molar-refractivity contribution in [1.82, 2.24) is 19.4 Å². The van der Waals surface area contributed by atoms with Gasteiger partial charge in [0.1, 0.15) is 10.4 Å². The van der Waals surface area contributed by atoms with Gasteiger partial charge in [0.2, 0.25) is 5.91 Å². The third kappa shape index (κ3) is 5.98. The third-order valence-corrected chi connectivity index (χ3v) is 8.23. The molecule has 0 spiro atoms. The second-order valence-electron chi connectivity index (χ2n) is 8.70. The van der Waals surface area contributed by atoms with Crippen LogP contribution in [0.5, 0.6) is 5.75 Å². The molecule has 0 saturated heterocycles. The molecular weight excluding hydrogens is 549 g/mol. The monoisotopic (exact) mass is 574 g/mol. The maximum atomic E-state index is 13.9. The molecule has 7 nitrogen and oxygen atoms in total. The predicted octanol–water partition coefficient (Wildman–Crippen LogP) is 6.08. The van der Waals surface area contributed by atoms with Gasteiger partial charge in [0.15, 0.2) is 14.8 Å². The lowest BCUT2D eigenvalue weighted by Crippen LogP contribution is -2.26. The summed E-state index contributed by atoms with van der Waals surface area (Å²) in [5.74, 6) is 0.701. The van der Waals surface area contributed by atoms with E-state index in [9.17, 15) is 9.59 Å². The first-order valence-electron chi connectivity index (χ1n) is 12.4. The van der Waals surface area contributed by atoms with Gasteiger partial charge < -0.3 is 10.1 Å². The van der Waals surface area contributed by atoms with Crippen molar-refractivity contribution >= 4 is 51.6 Å². The van der Waals surface area contributed by atoms with E-state index in [0.717, 1.165) is 22.6 Å². The van der Waals surface area contributed by atoms with Crippen LogP contribution in [-0.2, 0) is 11.3 Å². The van der Waals surface area contributed by atoms with Gasteiger partial charge in [0.25, 0.3) is 5.56 Å². The number of ether oxygens (including phenoxy) is 1. The molecule has 198 valence electrons. The smallest absolute Gasteiger partial charge is 0.278 e. The molecule has 0 fully saturated rings. The molecule has 39 heavy (non-hydrogen) atoms. The molecule has 0 radical (unpaired) electrons. The highest BCUT2D eigenvalue weighted by atomic mass is 32.2. The van der Waals surface area contributed by atoms with Crippen molar-refractivity contribution in [3.8, 4) is 17.1 Å². The number of thioether (sulfide) groups is 1. The first-order valence-corrected chi connectivity index (χ1v) is 14.6. The Labute approximate surface area is 239 Å². The third-order valence-electron chi connectivity index (χ3n) is 5.94. The number of amides is 1. The lowest BCUT2D eigenvalue weighted by atomic mass is 10.2. The molecule has 1 N–H and O–H groups in total.